The topological polar surface area (TPSA) is 38.0 Å². The number of para-hydroxylation sites is 1. The van der Waals surface area contributed by atoms with Crippen molar-refractivity contribution in [1.82, 2.24) is 9.78 Å². The zero-order valence-electron chi connectivity index (χ0n) is 10.9. The van der Waals surface area contributed by atoms with Gasteiger partial charge in [0.2, 0.25) is 0 Å². The lowest BCUT2D eigenvalue weighted by molar-refractivity contribution is 0.430. The Labute approximate surface area is 115 Å². The lowest BCUT2D eigenvalue weighted by atomic mass is 10.1. The Balaban J connectivity index is 2.03. The van der Waals surface area contributed by atoms with Crippen LogP contribution in [-0.4, -0.2) is 14.9 Å². The Morgan fingerprint density at radius 3 is 2.55 bits per heavy atom. The molecule has 20 heavy (non-hydrogen) atoms. The molecule has 0 aliphatic heterocycles. The van der Waals surface area contributed by atoms with Gasteiger partial charge in [0.1, 0.15) is 0 Å². The molecule has 1 heterocycles. The van der Waals surface area contributed by atoms with E-state index in [2.05, 4.69) is 5.10 Å². The molecule has 1 aromatic heterocycles. The van der Waals surface area contributed by atoms with Crippen LogP contribution < -0.4 is 0 Å². The van der Waals surface area contributed by atoms with E-state index >= 15 is 0 Å². The molecule has 3 aromatic rings. The third-order valence-electron chi connectivity index (χ3n) is 3.17. The summed E-state index contributed by atoms with van der Waals surface area (Å²) in [6.07, 6.45) is 3.54. The number of nitrogens with zero attached hydrogens (tertiary/aromatic N) is 2. The fraction of sp³-hybridized carbons (Fsp3) is 0.0625. The highest BCUT2D eigenvalue weighted by Crippen LogP contribution is 2.28. The predicted octanol–water partition coefficient (Wildman–Crippen LogP) is 3.69. The van der Waals surface area contributed by atoms with Crippen molar-refractivity contribution in [3.05, 3.63) is 66.2 Å². The van der Waals surface area contributed by atoms with Crippen LogP contribution in [0, 0.1) is 12.7 Å². The number of benzene rings is 2. The molecule has 0 saturated carbocycles. The van der Waals surface area contributed by atoms with Gasteiger partial charge < -0.3 is 5.11 Å². The van der Waals surface area contributed by atoms with E-state index in [9.17, 15) is 9.50 Å². The van der Waals surface area contributed by atoms with Crippen LogP contribution in [0.25, 0.3) is 16.8 Å². The minimum atomic E-state index is -0.579. The summed E-state index contributed by atoms with van der Waals surface area (Å²) in [6, 6.07) is 12.8. The normalized spacial score (nSPS) is 10.7. The molecule has 2 aromatic carbocycles. The fourth-order valence-corrected chi connectivity index (χ4v) is 2.11. The average molecular weight is 268 g/mol. The van der Waals surface area contributed by atoms with Crippen LogP contribution in [-0.2, 0) is 0 Å². The van der Waals surface area contributed by atoms with Crippen LogP contribution in [0.15, 0.2) is 54.9 Å². The molecular formula is C16H13FN2O. The Kier molecular flexibility index (Phi) is 2.99. The minimum Gasteiger partial charge on any atom is -0.505 e. The monoisotopic (exact) mass is 268 g/mol. The second-order valence-corrected chi connectivity index (χ2v) is 4.64. The molecule has 0 unspecified atom stereocenters. The maximum Gasteiger partial charge on any atom is 0.167 e. The molecule has 0 saturated heterocycles. The molecule has 100 valence electrons. The number of hydrogen-bond acceptors (Lipinski definition) is 2. The zero-order chi connectivity index (χ0) is 14.1. The number of phenols is 1. The Morgan fingerprint density at radius 2 is 1.85 bits per heavy atom. The van der Waals surface area contributed by atoms with Crippen LogP contribution in [0.3, 0.4) is 0 Å². The first-order valence-corrected chi connectivity index (χ1v) is 6.25. The Morgan fingerprint density at radius 1 is 1.10 bits per heavy atom. The highest BCUT2D eigenvalue weighted by Gasteiger charge is 2.09. The first-order valence-electron chi connectivity index (χ1n) is 6.25. The van der Waals surface area contributed by atoms with Gasteiger partial charge in [-0.3, -0.25) is 0 Å². The van der Waals surface area contributed by atoms with Gasteiger partial charge in [-0.25, -0.2) is 9.07 Å². The molecule has 3 nitrogen and oxygen atoms in total. The summed E-state index contributed by atoms with van der Waals surface area (Å²) < 4.78 is 15.2. The van der Waals surface area contributed by atoms with Crippen molar-refractivity contribution >= 4 is 0 Å². The van der Waals surface area contributed by atoms with E-state index in [0.717, 1.165) is 16.8 Å². The number of aromatic nitrogens is 2. The fourth-order valence-electron chi connectivity index (χ4n) is 2.11. The van der Waals surface area contributed by atoms with Gasteiger partial charge in [-0.05, 0) is 42.3 Å². The van der Waals surface area contributed by atoms with Crippen molar-refractivity contribution in [1.29, 1.82) is 0 Å². The standard InChI is InChI=1S/C16H13FN2O/c1-11-7-12(8-15(20)16(11)17)13-9-18-19(10-13)14-5-3-2-4-6-14/h2-10,20H,1H3. The molecule has 1 N–H and O–H groups in total. The average Bonchev–Trinajstić information content (AvgIpc) is 2.95. The molecule has 0 spiro atoms. The van der Waals surface area contributed by atoms with Gasteiger partial charge in [0.05, 0.1) is 11.9 Å². The molecule has 0 bridgehead atoms. The van der Waals surface area contributed by atoms with Crippen LogP contribution >= 0.6 is 0 Å². The molecule has 0 aliphatic rings. The second-order valence-electron chi connectivity index (χ2n) is 4.64. The third-order valence-corrected chi connectivity index (χ3v) is 3.17. The maximum atomic E-state index is 13.4. The van der Waals surface area contributed by atoms with Gasteiger partial charge in [-0.15, -0.1) is 0 Å². The van der Waals surface area contributed by atoms with Crippen molar-refractivity contribution in [3.63, 3.8) is 0 Å². The molecule has 3 rings (SSSR count). The van der Waals surface area contributed by atoms with Gasteiger partial charge in [0.15, 0.2) is 11.6 Å². The van der Waals surface area contributed by atoms with E-state index in [1.165, 1.54) is 6.07 Å². The summed E-state index contributed by atoms with van der Waals surface area (Å²) in [5.74, 6) is -0.920. The molecule has 0 radical (unpaired) electrons. The number of rotatable bonds is 2. The third kappa shape index (κ3) is 2.16. The highest BCUT2D eigenvalue weighted by atomic mass is 19.1. The SMILES string of the molecule is Cc1cc(-c2cnn(-c3ccccc3)c2)cc(O)c1F. The lowest BCUT2D eigenvalue weighted by Gasteiger charge is -2.04. The summed E-state index contributed by atoms with van der Waals surface area (Å²) >= 11 is 0. The maximum absolute atomic E-state index is 13.4. The van der Waals surface area contributed by atoms with Gasteiger partial charge in [-0.2, -0.15) is 5.10 Å². The smallest absolute Gasteiger partial charge is 0.167 e. The summed E-state index contributed by atoms with van der Waals surface area (Å²) in [7, 11) is 0. The summed E-state index contributed by atoms with van der Waals surface area (Å²) in [5.41, 5.74) is 2.92. The van der Waals surface area contributed by atoms with E-state index in [-0.39, 0.29) is 5.75 Å². The Bertz CT molecular complexity index is 727. The molecule has 0 amide bonds. The number of phenolic OH excluding ortho intramolecular Hbond substituents is 1. The van der Waals surface area contributed by atoms with Crippen molar-refractivity contribution in [3.8, 4) is 22.6 Å². The van der Waals surface area contributed by atoms with Gasteiger partial charge >= 0.3 is 0 Å². The quantitative estimate of drug-likeness (QED) is 0.769. The Hall–Kier alpha value is -2.62. The zero-order valence-corrected chi connectivity index (χ0v) is 10.9. The number of aryl methyl sites for hydroxylation is 1. The molecular weight excluding hydrogens is 255 g/mol. The number of hydrogen-bond donors (Lipinski definition) is 1. The summed E-state index contributed by atoms with van der Waals surface area (Å²) in [4.78, 5) is 0. The van der Waals surface area contributed by atoms with E-state index in [1.807, 2.05) is 36.5 Å². The van der Waals surface area contributed by atoms with Crippen molar-refractivity contribution < 1.29 is 9.50 Å². The highest BCUT2D eigenvalue weighted by molar-refractivity contribution is 5.65. The molecule has 0 aliphatic carbocycles. The van der Waals surface area contributed by atoms with Gasteiger partial charge in [0, 0.05) is 11.8 Å². The van der Waals surface area contributed by atoms with Crippen molar-refractivity contribution in [2.24, 2.45) is 0 Å². The first-order chi connectivity index (χ1) is 9.65. The summed E-state index contributed by atoms with van der Waals surface area (Å²) in [5, 5.41) is 13.8. The van der Waals surface area contributed by atoms with Crippen LogP contribution in [0.2, 0.25) is 0 Å². The van der Waals surface area contributed by atoms with Crippen LogP contribution in [0.4, 0.5) is 4.39 Å². The largest absolute Gasteiger partial charge is 0.505 e. The molecule has 4 heteroatoms. The van der Waals surface area contributed by atoms with Crippen LogP contribution in [0.5, 0.6) is 5.75 Å². The van der Waals surface area contributed by atoms with Crippen molar-refractivity contribution in [2.45, 2.75) is 6.92 Å². The predicted molar refractivity (Wildman–Crippen MR) is 75.4 cm³/mol. The number of aromatic hydroxyl groups is 1. The lowest BCUT2D eigenvalue weighted by Crippen LogP contribution is -1.92. The van der Waals surface area contributed by atoms with E-state index in [1.54, 1.807) is 23.9 Å². The van der Waals surface area contributed by atoms with Crippen LogP contribution in [0.1, 0.15) is 5.56 Å². The number of halogens is 1. The molecule has 0 atom stereocenters. The minimum absolute atomic E-state index is 0.340. The van der Waals surface area contributed by atoms with E-state index < -0.39 is 5.82 Å². The second kappa shape index (κ2) is 4.81. The van der Waals surface area contributed by atoms with E-state index in [0.29, 0.717) is 5.56 Å². The van der Waals surface area contributed by atoms with E-state index in [4.69, 9.17) is 0 Å². The van der Waals surface area contributed by atoms with Crippen molar-refractivity contribution in [2.75, 3.05) is 0 Å². The van der Waals surface area contributed by atoms with Gasteiger partial charge in [0.25, 0.3) is 0 Å². The van der Waals surface area contributed by atoms with Gasteiger partial charge in [-0.1, -0.05) is 18.2 Å². The first kappa shape index (κ1) is 12.4. The molecule has 0 fully saturated rings. The summed E-state index contributed by atoms with van der Waals surface area (Å²) in [6.45, 7) is 1.63.